The van der Waals surface area contributed by atoms with Crippen LogP contribution < -0.4 is 0 Å². The van der Waals surface area contributed by atoms with Gasteiger partial charge in [0.25, 0.3) is 10.0 Å². The molecule has 0 spiro atoms. The molecule has 3 heterocycles. The summed E-state index contributed by atoms with van der Waals surface area (Å²) in [5.74, 6) is -2.02. The molecule has 2 aliphatic rings. The van der Waals surface area contributed by atoms with E-state index in [0.717, 1.165) is 6.07 Å². The summed E-state index contributed by atoms with van der Waals surface area (Å²) < 4.78 is 38.5. The van der Waals surface area contributed by atoms with Gasteiger partial charge in [-0.1, -0.05) is 11.3 Å². The van der Waals surface area contributed by atoms with Gasteiger partial charge in [-0.05, 0) is 12.1 Å². The number of hydrogen-bond donors (Lipinski definition) is 1. The molecular weight excluding hydrogens is 335 g/mol. The predicted octanol–water partition coefficient (Wildman–Crippen LogP) is 0.193. The van der Waals surface area contributed by atoms with Gasteiger partial charge >= 0.3 is 5.97 Å². The summed E-state index contributed by atoms with van der Waals surface area (Å²) in [4.78, 5) is 24.1. The van der Waals surface area contributed by atoms with Crippen molar-refractivity contribution in [2.75, 3.05) is 19.6 Å². The van der Waals surface area contributed by atoms with Crippen LogP contribution in [0.3, 0.4) is 0 Å². The van der Waals surface area contributed by atoms with Crippen molar-refractivity contribution in [3.63, 3.8) is 0 Å². The summed E-state index contributed by atoms with van der Waals surface area (Å²) in [6, 6.07) is 2.00. The maximum atomic E-state index is 13.0. The van der Waals surface area contributed by atoms with Crippen molar-refractivity contribution in [3.05, 3.63) is 17.3 Å². The molecule has 1 unspecified atom stereocenters. The smallest absolute Gasteiger partial charge is 0.308 e. The third-order valence-corrected chi connectivity index (χ3v) is 7.09. The first-order chi connectivity index (χ1) is 10.3. The second-order valence-corrected chi connectivity index (χ2v) is 8.52. The van der Waals surface area contributed by atoms with E-state index < -0.39 is 27.0 Å². The average Bonchev–Trinajstić information content (AvgIpc) is 2.95. The van der Waals surface area contributed by atoms with Gasteiger partial charge in [0.15, 0.2) is 5.13 Å². The quantitative estimate of drug-likeness (QED) is 0.838. The van der Waals surface area contributed by atoms with E-state index in [9.17, 15) is 22.4 Å². The van der Waals surface area contributed by atoms with Crippen molar-refractivity contribution in [1.29, 1.82) is 0 Å². The van der Waals surface area contributed by atoms with Gasteiger partial charge in [0.05, 0.1) is 12.0 Å². The maximum absolute atomic E-state index is 13.0. The van der Waals surface area contributed by atoms with Gasteiger partial charge in [0, 0.05) is 26.1 Å². The lowest BCUT2D eigenvalue weighted by Gasteiger charge is -2.42. The minimum absolute atomic E-state index is 0.0469. The van der Waals surface area contributed by atoms with Gasteiger partial charge in [0.2, 0.25) is 5.91 Å². The number of thiophene rings is 1. The Morgan fingerprint density at radius 1 is 1.32 bits per heavy atom. The monoisotopic (exact) mass is 348 g/mol. The highest BCUT2D eigenvalue weighted by molar-refractivity contribution is 7.91. The van der Waals surface area contributed by atoms with Crippen LogP contribution in [0.15, 0.2) is 16.3 Å². The highest BCUT2D eigenvalue weighted by atomic mass is 32.2. The summed E-state index contributed by atoms with van der Waals surface area (Å²) in [5.41, 5.74) is 0. The van der Waals surface area contributed by atoms with Crippen LogP contribution >= 0.6 is 11.3 Å². The largest absolute Gasteiger partial charge is 0.481 e. The molecule has 0 aromatic carbocycles. The van der Waals surface area contributed by atoms with E-state index in [4.69, 9.17) is 5.11 Å². The van der Waals surface area contributed by atoms with E-state index >= 15 is 0 Å². The number of carbonyl (C=O) groups is 2. The lowest BCUT2D eigenvalue weighted by molar-refractivity contribution is -0.141. The Kier molecular flexibility index (Phi) is 3.69. The fraction of sp³-hybridized carbons (Fsp3) is 0.500. The Labute approximate surface area is 130 Å². The van der Waals surface area contributed by atoms with Gasteiger partial charge in [-0.25, -0.2) is 8.42 Å². The molecule has 10 heteroatoms. The number of hydrogen-bond acceptors (Lipinski definition) is 5. The zero-order valence-corrected chi connectivity index (χ0v) is 12.9. The van der Waals surface area contributed by atoms with Gasteiger partial charge in [0.1, 0.15) is 4.21 Å². The normalized spacial score (nSPS) is 23.8. The maximum Gasteiger partial charge on any atom is 0.308 e. The van der Waals surface area contributed by atoms with Crippen molar-refractivity contribution in [2.45, 2.75) is 16.7 Å². The van der Waals surface area contributed by atoms with E-state index in [0.29, 0.717) is 11.3 Å². The summed E-state index contributed by atoms with van der Waals surface area (Å²) in [5, 5.41) is 8.36. The molecule has 7 nitrogen and oxygen atoms in total. The van der Waals surface area contributed by atoms with Crippen molar-refractivity contribution in [3.8, 4) is 0 Å². The lowest BCUT2D eigenvalue weighted by atomic mass is 10.1. The molecule has 1 amide bonds. The molecule has 1 N–H and O–H groups in total. The highest BCUT2D eigenvalue weighted by Gasteiger charge is 2.46. The number of sulfonamides is 1. The van der Waals surface area contributed by atoms with Crippen LogP contribution in [0, 0.1) is 11.0 Å². The molecule has 1 atom stereocenters. The number of halogens is 1. The van der Waals surface area contributed by atoms with Crippen LogP contribution in [-0.4, -0.2) is 60.3 Å². The first-order valence-corrected chi connectivity index (χ1v) is 8.82. The van der Waals surface area contributed by atoms with E-state index in [-0.39, 0.29) is 42.2 Å². The minimum atomic E-state index is -3.73. The number of aliphatic carboxylic acids is 1. The van der Waals surface area contributed by atoms with Crippen molar-refractivity contribution in [2.24, 2.45) is 5.92 Å². The minimum Gasteiger partial charge on any atom is -0.481 e. The molecule has 2 aliphatic heterocycles. The molecule has 0 bridgehead atoms. The SMILES string of the molecule is O=C(O)C1CC(=O)N(C2CN(S(=O)(=O)c3ccc(F)s3)C2)C1. The fourth-order valence-corrected chi connectivity index (χ4v) is 5.30. The van der Waals surface area contributed by atoms with Crippen LogP contribution in [-0.2, 0) is 19.6 Å². The first-order valence-electron chi connectivity index (χ1n) is 6.57. The molecular formula is C12H13FN2O5S2. The summed E-state index contributed by atoms with van der Waals surface area (Å²) >= 11 is 0.556. The Bertz CT molecular complexity index is 726. The summed E-state index contributed by atoms with van der Waals surface area (Å²) in [6.45, 7) is 0.334. The number of nitrogens with zero attached hydrogens (tertiary/aromatic N) is 2. The number of likely N-dealkylation sites (tertiary alicyclic amines) is 1. The fourth-order valence-electron chi connectivity index (χ4n) is 2.62. The van der Waals surface area contributed by atoms with Crippen LogP contribution in [0.5, 0.6) is 0 Å². The molecule has 2 saturated heterocycles. The number of amides is 1. The number of carboxylic acids is 1. The Hall–Kier alpha value is -1.52. The third-order valence-electron chi connectivity index (χ3n) is 3.92. The molecule has 2 fully saturated rings. The van der Waals surface area contributed by atoms with Gasteiger partial charge < -0.3 is 10.0 Å². The average molecular weight is 348 g/mol. The lowest BCUT2D eigenvalue weighted by Crippen LogP contribution is -2.61. The summed E-state index contributed by atoms with van der Waals surface area (Å²) in [7, 11) is -3.73. The molecule has 1 aromatic heterocycles. The predicted molar refractivity (Wildman–Crippen MR) is 74.3 cm³/mol. The topological polar surface area (TPSA) is 95.0 Å². The second kappa shape index (κ2) is 5.28. The van der Waals surface area contributed by atoms with Gasteiger partial charge in [-0.15, -0.1) is 0 Å². The third kappa shape index (κ3) is 2.50. The molecule has 0 saturated carbocycles. The molecule has 22 heavy (non-hydrogen) atoms. The molecule has 0 aliphatic carbocycles. The Morgan fingerprint density at radius 2 is 2.00 bits per heavy atom. The molecule has 3 rings (SSSR count). The van der Waals surface area contributed by atoms with Crippen LogP contribution in [0.25, 0.3) is 0 Å². The van der Waals surface area contributed by atoms with Gasteiger partial charge in [-0.2, -0.15) is 8.70 Å². The first kappa shape index (κ1) is 15.4. The van der Waals surface area contributed by atoms with E-state index in [1.54, 1.807) is 0 Å². The molecule has 1 aromatic rings. The zero-order valence-electron chi connectivity index (χ0n) is 11.3. The summed E-state index contributed by atoms with van der Waals surface area (Å²) in [6.07, 6.45) is -0.0469. The van der Waals surface area contributed by atoms with Crippen molar-refractivity contribution < 1.29 is 27.5 Å². The van der Waals surface area contributed by atoms with Crippen molar-refractivity contribution >= 4 is 33.2 Å². The second-order valence-electron chi connectivity index (χ2n) is 5.32. The molecule has 0 radical (unpaired) electrons. The van der Waals surface area contributed by atoms with Crippen molar-refractivity contribution in [1.82, 2.24) is 9.21 Å². The zero-order chi connectivity index (χ0) is 16.1. The molecule has 120 valence electrons. The highest BCUT2D eigenvalue weighted by Crippen LogP contribution is 2.31. The van der Waals surface area contributed by atoms with E-state index in [1.807, 2.05) is 0 Å². The van der Waals surface area contributed by atoms with E-state index in [1.165, 1.54) is 15.3 Å². The van der Waals surface area contributed by atoms with Gasteiger partial charge in [-0.3, -0.25) is 9.59 Å². The Balaban J connectivity index is 1.65. The number of rotatable bonds is 4. The van der Waals surface area contributed by atoms with E-state index in [2.05, 4.69) is 0 Å². The standard InChI is InChI=1S/C12H13FN2O5S2/c13-9-1-2-11(21-9)22(19,20)14-5-8(6-14)15-4-7(12(17)18)3-10(15)16/h1-2,7-8H,3-6H2,(H,17,18). The Morgan fingerprint density at radius 3 is 2.50 bits per heavy atom. The van der Waals surface area contributed by atoms with Crippen LogP contribution in [0.2, 0.25) is 0 Å². The number of carbonyl (C=O) groups excluding carboxylic acids is 1. The number of carboxylic acid groups (broad SMARTS) is 1. The van der Waals surface area contributed by atoms with Crippen LogP contribution in [0.1, 0.15) is 6.42 Å². The van der Waals surface area contributed by atoms with Crippen LogP contribution in [0.4, 0.5) is 4.39 Å².